The van der Waals surface area contributed by atoms with E-state index in [2.05, 4.69) is 29.5 Å². The number of rotatable bonds is 12. The van der Waals surface area contributed by atoms with Gasteiger partial charge in [-0.05, 0) is 37.0 Å². The van der Waals surface area contributed by atoms with Crippen LogP contribution in [0.2, 0.25) is 0 Å². The summed E-state index contributed by atoms with van der Waals surface area (Å²) in [4.78, 5) is 15.4. The summed E-state index contributed by atoms with van der Waals surface area (Å²) < 4.78 is 10.9. The highest BCUT2D eigenvalue weighted by atomic mass is 16.5. The average Bonchev–Trinajstić information content (AvgIpc) is 2.60. The summed E-state index contributed by atoms with van der Waals surface area (Å²) in [7, 11) is 0. The number of primary amides is 1. The van der Waals surface area contributed by atoms with Crippen molar-refractivity contribution in [3.05, 3.63) is 29.8 Å². The topological polar surface area (TPSA) is 98.0 Å². The maximum atomic E-state index is 10.8. The number of nitrogens with one attached hydrogen (secondary N) is 2. The monoisotopic (exact) mass is 364 g/mol. The summed E-state index contributed by atoms with van der Waals surface area (Å²) in [6, 6.07) is 7.46. The molecule has 0 aliphatic rings. The highest BCUT2D eigenvalue weighted by Gasteiger charge is 2.01. The lowest BCUT2D eigenvalue weighted by Gasteiger charge is -2.12. The average molecular weight is 364 g/mol. The second-order valence-corrected chi connectivity index (χ2v) is 6.32. The van der Waals surface area contributed by atoms with E-state index in [9.17, 15) is 4.79 Å². The Balaban J connectivity index is 2.45. The van der Waals surface area contributed by atoms with Gasteiger partial charge < -0.3 is 25.8 Å². The van der Waals surface area contributed by atoms with Crippen LogP contribution in [0.15, 0.2) is 29.3 Å². The first-order valence-corrected chi connectivity index (χ1v) is 9.11. The van der Waals surface area contributed by atoms with Crippen LogP contribution >= 0.6 is 0 Å². The quantitative estimate of drug-likeness (QED) is 0.298. The van der Waals surface area contributed by atoms with Gasteiger partial charge in [0.15, 0.2) is 12.6 Å². The van der Waals surface area contributed by atoms with Gasteiger partial charge in [0.2, 0.25) is 0 Å². The zero-order valence-electron chi connectivity index (χ0n) is 16.1. The maximum Gasteiger partial charge on any atom is 0.255 e. The molecule has 0 aliphatic carbocycles. The first-order valence-electron chi connectivity index (χ1n) is 9.11. The van der Waals surface area contributed by atoms with Crippen molar-refractivity contribution in [2.75, 3.05) is 32.9 Å². The largest absolute Gasteiger partial charge is 0.484 e. The fourth-order valence-corrected chi connectivity index (χ4v) is 2.06. The number of guanidine groups is 1. The summed E-state index contributed by atoms with van der Waals surface area (Å²) in [6.07, 6.45) is 1.07. The summed E-state index contributed by atoms with van der Waals surface area (Å²) in [5, 5.41) is 6.46. The van der Waals surface area contributed by atoms with Crippen LogP contribution in [0, 0.1) is 5.92 Å². The van der Waals surface area contributed by atoms with Crippen LogP contribution in [0.3, 0.4) is 0 Å². The Hall–Kier alpha value is -2.28. The van der Waals surface area contributed by atoms with Crippen molar-refractivity contribution in [2.45, 2.75) is 33.7 Å². The molecule has 1 rings (SSSR count). The van der Waals surface area contributed by atoms with Crippen LogP contribution in [-0.4, -0.2) is 44.8 Å². The number of carbonyl (C=O) groups is 1. The zero-order valence-corrected chi connectivity index (χ0v) is 16.1. The Kier molecular flexibility index (Phi) is 10.9. The molecule has 7 heteroatoms. The molecule has 0 aliphatic heterocycles. The summed E-state index contributed by atoms with van der Waals surface area (Å²) in [5.74, 6) is 1.50. The molecule has 0 unspecified atom stereocenters. The van der Waals surface area contributed by atoms with Crippen molar-refractivity contribution in [1.29, 1.82) is 0 Å². The second kappa shape index (κ2) is 13.0. The van der Waals surface area contributed by atoms with E-state index in [1.807, 2.05) is 25.1 Å². The molecule has 0 saturated heterocycles. The summed E-state index contributed by atoms with van der Waals surface area (Å²) >= 11 is 0. The van der Waals surface area contributed by atoms with Crippen LogP contribution < -0.4 is 21.1 Å². The number of carbonyl (C=O) groups excluding carboxylic acids is 1. The number of ether oxygens (including phenoxy) is 2. The Morgan fingerprint density at radius 3 is 2.77 bits per heavy atom. The fourth-order valence-electron chi connectivity index (χ4n) is 2.06. The van der Waals surface area contributed by atoms with Gasteiger partial charge >= 0.3 is 0 Å². The predicted octanol–water partition coefficient (Wildman–Crippen LogP) is 1.67. The molecule has 1 aromatic carbocycles. The first-order chi connectivity index (χ1) is 12.5. The smallest absolute Gasteiger partial charge is 0.255 e. The Morgan fingerprint density at radius 2 is 2.08 bits per heavy atom. The van der Waals surface area contributed by atoms with Crippen LogP contribution in [0.4, 0.5) is 0 Å². The van der Waals surface area contributed by atoms with E-state index in [0.717, 1.165) is 31.1 Å². The van der Waals surface area contributed by atoms with Gasteiger partial charge in [0.05, 0.1) is 13.2 Å². The fraction of sp³-hybridized carbons (Fsp3) is 0.579. The highest BCUT2D eigenvalue weighted by molar-refractivity contribution is 5.79. The first kappa shape index (κ1) is 21.8. The highest BCUT2D eigenvalue weighted by Crippen LogP contribution is 2.13. The lowest BCUT2D eigenvalue weighted by Crippen LogP contribution is -2.39. The molecule has 0 bridgehead atoms. The molecule has 0 atom stereocenters. The Morgan fingerprint density at radius 1 is 1.27 bits per heavy atom. The van der Waals surface area contributed by atoms with Crippen LogP contribution in [0.5, 0.6) is 5.75 Å². The number of nitrogens with zero attached hydrogens (tertiary/aromatic N) is 1. The number of amides is 1. The number of benzene rings is 1. The number of hydrogen-bond acceptors (Lipinski definition) is 4. The standard InChI is InChI=1S/C19H32N4O3/c1-4-21-19(22-9-11-25-10-8-15(2)3)23-13-16-6-5-7-17(12-16)26-14-18(20)24/h5-7,12,15H,4,8-11,13-14H2,1-3H3,(H2,20,24)(H2,21,22,23). The van der Waals surface area contributed by atoms with Gasteiger partial charge in [-0.1, -0.05) is 26.0 Å². The van der Waals surface area contributed by atoms with Crippen molar-refractivity contribution >= 4 is 11.9 Å². The third-order valence-corrected chi connectivity index (χ3v) is 3.42. The molecule has 1 amide bonds. The van der Waals surface area contributed by atoms with Gasteiger partial charge in [0.25, 0.3) is 5.91 Å². The third kappa shape index (κ3) is 10.6. The van der Waals surface area contributed by atoms with Crippen LogP contribution in [-0.2, 0) is 16.1 Å². The molecule has 0 aromatic heterocycles. The molecular formula is C19H32N4O3. The minimum absolute atomic E-state index is 0.131. The van der Waals surface area contributed by atoms with Gasteiger partial charge in [0, 0.05) is 19.7 Å². The molecule has 0 radical (unpaired) electrons. The van der Waals surface area contributed by atoms with Gasteiger partial charge in [-0.15, -0.1) is 0 Å². The minimum Gasteiger partial charge on any atom is -0.484 e. The van der Waals surface area contributed by atoms with E-state index in [4.69, 9.17) is 15.2 Å². The SMILES string of the molecule is CCNC(=NCc1cccc(OCC(N)=O)c1)NCCOCCC(C)C. The van der Waals surface area contributed by atoms with E-state index in [1.54, 1.807) is 6.07 Å². The van der Waals surface area contributed by atoms with Crippen LogP contribution in [0.1, 0.15) is 32.8 Å². The molecule has 1 aromatic rings. The molecule has 0 fully saturated rings. The lowest BCUT2D eigenvalue weighted by molar-refractivity contribution is -0.119. The van der Waals surface area contributed by atoms with Crippen molar-refractivity contribution in [3.8, 4) is 5.75 Å². The number of aliphatic imine (C=N–C) groups is 1. The molecule has 0 spiro atoms. The van der Waals surface area contributed by atoms with E-state index in [0.29, 0.717) is 31.4 Å². The van der Waals surface area contributed by atoms with Crippen molar-refractivity contribution < 1.29 is 14.3 Å². The van der Waals surface area contributed by atoms with E-state index in [-0.39, 0.29) is 6.61 Å². The third-order valence-electron chi connectivity index (χ3n) is 3.42. The number of hydrogen-bond donors (Lipinski definition) is 3. The van der Waals surface area contributed by atoms with Crippen molar-refractivity contribution in [3.63, 3.8) is 0 Å². The molecule has 7 nitrogen and oxygen atoms in total. The molecule has 4 N–H and O–H groups in total. The zero-order chi connectivity index (χ0) is 19.2. The van der Waals surface area contributed by atoms with Gasteiger partial charge in [-0.2, -0.15) is 0 Å². The van der Waals surface area contributed by atoms with Crippen LogP contribution in [0.25, 0.3) is 0 Å². The summed E-state index contributed by atoms with van der Waals surface area (Å²) in [5.41, 5.74) is 6.07. The summed E-state index contributed by atoms with van der Waals surface area (Å²) in [6.45, 7) is 9.67. The van der Waals surface area contributed by atoms with Crippen molar-refractivity contribution in [1.82, 2.24) is 10.6 Å². The van der Waals surface area contributed by atoms with Gasteiger partial charge in [-0.3, -0.25) is 4.79 Å². The Labute approximate surface area is 156 Å². The predicted molar refractivity (Wildman–Crippen MR) is 104 cm³/mol. The van der Waals surface area contributed by atoms with Gasteiger partial charge in [0.1, 0.15) is 5.75 Å². The van der Waals surface area contributed by atoms with Gasteiger partial charge in [-0.25, -0.2) is 4.99 Å². The maximum absolute atomic E-state index is 10.8. The minimum atomic E-state index is -0.498. The van der Waals surface area contributed by atoms with E-state index >= 15 is 0 Å². The van der Waals surface area contributed by atoms with Crippen molar-refractivity contribution in [2.24, 2.45) is 16.6 Å². The van der Waals surface area contributed by atoms with E-state index in [1.165, 1.54) is 0 Å². The number of nitrogens with two attached hydrogens (primary N) is 1. The second-order valence-electron chi connectivity index (χ2n) is 6.32. The molecular weight excluding hydrogens is 332 g/mol. The Bertz CT molecular complexity index is 561. The molecule has 0 heterocycles. The van der Waals surface area contributed by atoms with E-state index < -0.39 is 5.91 Å². The molecule has 0 saturated carbocycles. The lowest BCUT2D eigenvalue weighted by atomic mass is 10.1. The normalized spacial score (nSPS) is 11.5. The molecule has 146 valence electrons. The molecule has 26 heavy (non-hydrogen) atoms.